The minimum atomic E-state index is 0.505. The second-order valence-corrected chi connectivity index (χ2v) is 6.53. The highest BCUT2D eigenvalue weighted by molar-refractivity contribution is 7.19. The lowest BCUT2D eigenvalue weighted by molar-refractivity contribution is 0.146. The molecule has 1 aliphatic heterocycles. The Kier molecular flexibility index (Phi) is 4.97. The van der Waals surface area contributed by atoms with Gasteiger partial charge in [0.25, 0.3) is 0 Å². The van der Waals surface area contributed by atoms with E-state index in [-0.39, 0.29) is 0 Å². The molecule has 1 aliphatic rings. The van der Waals surface area contributed by atoms with Crippen LogP contribution in [0.1, 0.15) is 5.56 Å². The van der Waals surface area contributed by atoms with Gasteiger partial charge in [0.1, 0.15) is 18.2 Å². The van der Waals surface area contributed by atoms with Crippen LogP contribution in [0.5, 0.6) is 5.75 Å². The standard InChI is InChI=1S/C16H17ClN2O2S/c1-20-8-9-21-13-10-11(14-4-5-15(17)22-14)2-3-12(13)16-18-6-7-19-16/h2-5,10H,6-9H2,1H3,(H,18,19). The van der Waals surface area contributed by atoms with Crippen LogP contribution in [0.25, 0.3) is 10.4 Å². The van der Waals surface area contributed by atoms with Crippen LogP contribution in [0.3, 0.4) is 0 Å². The van der Waals surface area contributed by atoms with Crippen molar-refractivity contribution in [3.05, 3.63) is 40.2 Å². The number of thiophene rings is 1. The van der Waals surface area contributed by atoms with Gasteiger partial charge in [-0.05, 0) is 29.8 Å². The van der Waals surface area contributed by atoms with Crippen molar-refractivity contribution in [2.45, 2.75) is 0 Å². The van der Waals surface area contributed by atoms with E-state index in [9.17, 15) is 0 Å². The van der Waals surface area contributed by atoms with Crippen LogP contribution in [0.15, 0.2) is 35.3 Å². The zero-order chi connectivity index (χ0) is 15.4. The zero-order valence-electron chi connectivity index (χ0n) is 12.3. The number of hydrogen-bond donors (Lipinski definition) is 1. The number of nitrogens with one attached hydrogen (secondary N) is 1. The average molecular weight is 337 g/mol. The average Bonchev–Trinajstić information content (AvgIpc) is 3.19. The molecule has 0 saturated carbocycles. The molecular weight excluding hydrogens is 320 g/mol. The first-order valence-corrected chi connectivity index (χ1v) is 8.27. The van der Waals surface area contributed by atoms with E-state index in [4.69, 9.17) is 21.1 Å². The summed E-state index contributed by atoms with van der Waals surface area (Å²) in [5.41, 5.74) is 2.08. The summed E-state index contributed by atoms with van der Waals surface area (Å²) >= 11 is 7.58. The highest BCUT2D eigenvalue weighted by Crippen LogP contribution is 2.34. The van der Waals surface area contributed by atoms with Crippen LogP contribution in [-0.4, -0.2) is 39.2 Å². The largest absolute Gasteiger partial charge is 0.490 e. The summed E-state index contributed by atoms with van der Waals surface area (Å²) in [6, 6.07) is 10.1. The summed E-state index contributed by atoms with van der Waals surface area (Å²) in [4.78, 5) is 5.60. The second-order valence-electron chi connectivity index (χ2n) is 4.81. The summed E-state index contributed by atoms with van der Waals surface area (Å²) in [6.07, 6.45) is 0. The Balaban J connectivity index is 1.92. The van der Waals surface area contributed by atoms with Gasteiger partial charge in [-0.25, -0.2) is 0 Å². The van der Waals surface area contributed by atoms with Crippen molar-refractivity contribution in [2.24, 2.45) is 4.99 Å². The Morgan fingerprint density at radius 1 is 1.27 bits per heavy atom. The summed E-state index contributed by atoms with van der Waals surface area (Å²) in [7, 11) is 1.66. The summed E-state index contributed by atoms with van der Waals surface area (Å²) < 4.78 is 11.7. The van der Waals surface area contributed by atoms with Gasteiger partial charge >= 0.3 is 0 Å². The maximum Gasteiger partial charge on any atom is 0.132 e. The van der Waals surface area contributed by atoms with E-state index in [1.807, 2.05) is 24.3 Å². The highest BCUT2D eigenvalue weighted by atomic mass is 35.5. The number of amidine groups is 1. The van der Waals surface area contributed by atoms with Crippen molar-refractivity contribution in [3.63, 3.8) is 0 Å². The molecule has 22 heavy (non-hydrogen) atoms. The number of nitrogens with zero attached hydrogens (tertiary/aromatic N) is 1. The predicted octanol–water partition coefficient (Wildman–Crippen LogP) is 3.44. The molecule has 3 rings (SSSR count). The van der Waals surface area contributed by atoms with Crippen LogP contribution in [0, 0.1) is 0 Å². The van der Waals surface area contributed by atoms with E-state index in [0.29, 0.717) is 13.2 Å². The lowest BCUT2D eigenvalue weighted by Gasteiger charge is -2.13. The molecule has 0 saturated heterocycles. The summed E-state index contributed by atoms with van der Waals surface area (Å²) in [5.74, 6) is 1.70. The molecule has 0 amide bonds. The fourth-order valence-electron chi connectivity index (χ4n) is 2.27. The first-order valence-electron chi connectivity index (χ1n) is 7.08. The van der Waals surface area contributed by atoms with Crippen molar-refractivity contribution < 1.29 is 9.47 Å². The fraction of sp³-hybridized carbons (Fsp3) is 0.312. The fourth-order valence-corrected chi connectivity index (χ4v) is 3.31. The number of ether oxygens (including phenoxy) is 2. The van der Waals surface area contributed by atoms with Crippen molar-refractivity contribution in [3.8, 4) is 16.2 Å². The topological polar surface area (TPSA) is 42.9 Å². The SMILES string of the molecule is COCCOc1cc(-c2ccc(Cl)s2)ccc1C1=NCCN1. The maximum absolute atomic E-state index is 6.03. The molecule has 2 heterocycles. The van der Waals surface area contributed by atoms with Gasteiger partial charge in [-0.3, -0.25) is 4.99 Å². The van der Waals surface area contributed by atoms with E-state index in [0.717, 1.165) is 45.0 Å². The van der Waals surface area contributed by atoms with E-state index in [1.54, 1.807) is 18.4 Å². The van der Waals surface area contributed by atoms with Gasteiger partial charge in [-0.15, -0.1) is 11.3 Å². The normalized spacial score (nSPS) is 13.8. The molecule has 116 valence electrons. The van der Waals surface area contributed by atoms with Gasteiger partial charge in [0.05, 0.1) is 23.1 Å². The molecular formula is C16H17ClN2O2S. The molecule has 4 nitrogen and oxygen atoms in total. The molecule has 0 fully saturated rings. The monoisotopic (exact) mass is 336 g/mol. The van der Waals surface area contributed by atoms with E-state index >= 15 is 0 Å². The van der Waals surface area contributed by atoms with E-state index < -0.39 is 0 Å². The molecule has 0 atom stereocenters. The quantitative estimate of drug-likeness (QED) is 0.822. The molecule has 0 spiro atoms. The highest BCUT2D eigenvalue weighted by Gasteiger charge is 2.15. The van der Waals surface area contributed by atoms with Gasteiger partial charge in [0.15, 0.2) is 0 Å². The molecule has 0 bridgehead atoms. The molecule has 0 aliphatic carbocycles. The summed E-state index contributed by atoms with van der Waals surface area (Å²) in [6.45, 7) is 2.73. The number of hydrogen-bond acceptors (Lipinski definition) is 5. The molecule has 0 radical (unpaired) electrons. The molecule has 0 unspecified atom stereocenters. The smallest absolute Gasteiger partial charge is 0.132 e. The van der Waals surface area contributed by atoms with Gasteiger partial charge in [-0.1, -0.05) is 17.7 Å². The second kappa shape index (κ2) is 7.13. The molecule has 2 aromatic rings. The zero-order valence-corrected chi connectivity index (χ0v) is 13.8. The van der Waals surface area contributed by atoms with Crippen molar-refractivity contribution in [1.82, 2.24) is 5.32 Å². The molecule has 1 aromatic heterocycles. The Morgan fingerprint density at radius 2 is 2.18 bits per heavy atom. The van der Waals surface area contributed by atoms with Crippen molar-refractivity contribution in [2.75, 3.05) is 33.4 Å². The Labute approximate surface area is 138 Å². The predicted molar refractivity (Wildman–Crippen MR) is 91.5 cm³/mol. The Hall–Kier alpha value is -1.56. The Morgan fingerprint density at radius 3 is 2.86 bits per heavy atom. The Bertz CT molecular complexity index is 685. The third-order valence-electron chi connectivity index (χ3n) is 3.31. The number of rotatable bonds is 6. The van der Waals surface area contributed by atoms with Crippen molar-refractivity contribution >= 4 is 28.8 Å². The van der Waals surface area contributed by atoms with Gasteiger partial charge in [0, 0.05) is 18.5 Å². The third-order valence-corrected chi connectivity index (χ3v) is 4.59. The molecule has 6 heteroatoms. The van der Waals surface area contributed by atoms with E-state index in [2.05, 4.69) is 16.4 Å². The van der Waals surface area contributed by atoms with Crippen molar-refractivity contribution in [1.29, 1.82) is 0 Å². The van der Waals surface area contributed by atoms with E-state index in [1.165, 1.54) is 0 Å². The minimum Gasteiger partial charge on any atom is -0.490 e. The molecule has 1 N–H and O–H groups in total. The van der Waals surface area contributed by atoms with Crippen LogP contribution < -0.4 is 10.1 Å². The van der Waals surface area contributed by atoms with Crippen LogP contribution in [0.4, 0.5) is 0 Å². The first-order chi connectivity index (χ1) is 10.8. The van der Waals surface area contributed by atoms with Gasteiger partial charge in [-0.2, -0.15) is 0 Å². The lowest BCUT2D eigenvalue weighted by Crippen LogP contribution is -2.20. The molecule has 1 aromatic carbocycles. The maximum atomic E-state index is 6.03. The van der Waals surface area contributed by atoms with Crippen LogP contribution in [0.2, 0.25) is 4.34 Å². The number of aliphatic imine (C=N–C) groups is 1. The van der Waals surface area contributed by atoms with Crippen LogP contribution >= 0.6 is 22.9 Å². The third kappa shape index (κ3) is 3.43. The number of methoxy groups -OCH3 is 1. The number of halogens is 1. The number of benzene rings is 1. The first kappa shape index (κ1) is 15.3. The van der Waals surface area contributed by atoms with Crippen LogP contribution in [-0.2, 0) is 4.74 Å². The lowest BCUT2D eigenvalue weighted by atomic mass is 10.1. The van der Waals surface area contributed by atoms with Gasteiger partial charge < -0.3 is 14.8 Å². The summed E-state index contributed by atoms with van der Waals surface area (Å²) in [5, 5.41) is 3.29. The minimum absolute atomic E-state index is 0.505. The van der Waals surface area contributed by atoms with Gasteiger partial charge in [0.2, 0.25) is 0 Å².